The van der Waals surface area contributed by atoms with E-state index in [2.05, 4.69) is 33.2 Å². The van der Waals surface area contributed by atoms with Crippen LogP contribution in [-0.4, -0.2) is 58.4 Å². The van der Waals surface area contributed by atoms with Gasteiger partial charge in [0, 0.05) is 36.8 Å². The maximum Gasteiger partial charge on any atom is 0.272 e. The SMILES string of the molecule is O=C(Cc1nccc(=O)n1N1CCOCC1)N1CCc2c(-c3ccccc3)cccc21.O=c1ccnc[nH]1. The van der Waals surface area contributed by atoms with Crippen molar-refractivity contribution in [2.45, 2.75) is 12.8 Å². The number of amides is 1. The second kappa shape index (κ2) is 11.7. The molecule has 0 unspecified atom stereocenters. The number of nitrogens with one attached hydrogen (secondary N) is 1. The van der Waals surface area contributed by atoms with Crippen LogP contribution in [0.15, 0.2) is 89.0 Å². The van der Waals surface area contributed by atoms with E-state index < -0.39 is 0 Å². The molecule has 2 aliphatic heterocycles. The molecule has 0 spiro atoms. The molecule has 194 valence electrons. The van der Waals surface area contributed by atoms with Crippen LogP contribution in [0, 0.1) is 0 Å². The molecule has 0 saturated carbocycles. The molecule has 1 saturated heterocycles. The van der Waals surface area contributed by atoms with Gasteiger partial charge in [0.05, 0.1) is 39.1 Å². The van der Waals surface area contributed by atoms with E-state index >= 15 is 0 Å². The quantitative estimate of drug-likeness (QED) is 0.443. The molecule has 38 heavy (non-hydrogen) atoms. The number of carbonyl (C=O) groups excluding carboxylic acids is 1. The van der Waals surface area contributed by atoms with Crippen LogP contribution in [0.25, 0.3) is 11.1 Å². The molecule has 0 atom stereocenters. The number of anilines is 1. The predicted molar refractivity (Wildman–Crippen MR) is 144 cm³/mol. The van der Waals surface area contributed by atoms with Gasteiger partial charge in [-0.2, -0.15) is 0 Å². The van der Waals surface area contributed by atoms with Crippen LogP contribution in [0.5, 0.6) is 0 Å². The van der Waals surface area contributed by atoms with Gasteiger partial charge in [0.15, 0.2) is 0 Å². The van der Waals surface area contributed by atoms with Gasteiger partial charge >= 0.3 is 0 Å². The first-order valence-electron chi connectivity index (χ1n) is 12.5. The third kappa shape index (κ3) is 5.55. The minimum atomic E-state index is -0.173. The summed E-state index contributed by atoms with van der Waals surface area (Å²) in [6.45, 7) is 2.93. The molecular weight excluding hydrogens is 484 g/mol. The minimum Gasteiger partial charge on any atom is -0.378 e. The van der Waals surface area contributed by atoms with Crippen molar-refractivity contribution in [2.75, 3.05) is 42.8 Å². The molecule has 1 amide bonds. The summed E-state index contributed by atoms with van der Waals surface area (Å²) in [6.07, 6.45) is 5.15. The zero-order chi connectivity index (χ0) is 26.3. The summed E-state index contributed by atoms with van der Waals surface area (Å²) >= 11 is 0. The summed E-state index contributed by atoms with van der Waals surface area (Å²) < 4.78 is 6.94. The Morgan fingerprint density at radius 2 is 1.74 bits per heavy atom. The molecule has 6 rings (SSSR count). The van der Waals surface area contributed by atoms with Crippen molar-refractivity contribution in [2.24, 2.45) is 0 Å². The van der Waals surface area contributed by atoms with Crippen LogP contribution in [0.1, 0.15) is 11.4 Å². The highest BCUT2D eigenvalue weighted by atomic mass is 16.5. The number of carbonyl (C=O) groups is 1. The highest BCUT2D eigenvalue weighted by molar-refractivity contribution is 5.98. The molecular formula is C28H28N6O4. The number of morpholine rings is 1. The first-order chi connectivity index (χ1) is 18.6. The smallest absolute Gasteiger partial charge is 0.272 e. The molecule has 4 heterocycles. The number of aromatic nitrogens is 4. The Morgan fingerprint density at radius 3 is 2.45 bits per heavy atom. The highest BCUT2D eigenvalue weighted by Crippen LogP contribution is 2.36. The van der Waals surface area contributed by atoms with Crippen LogP contribution < -0.4 is 21.0 Å². The fourth-order valence-corrected chi connectivity index (χ4v) is 4.73. The molecule has 1 fully saturated rings. The number of H-pyrrole nitrogens is 1. The third-order valence-corrected chi connectivity index (χ3v) is 6.48. The van der Waals surface area contributed by atoms with Crippen molar-refractivity contribution >= 4 is 11.6 Å². The summed E-state index contributed by atoms with van der Waals surface area (Å²) in [4.78, 5) is 48.2. The number of fused-ring (bicyclic) bond motifs is 1. The van der Waals surface area contributed by atoms with Gasteiger partial charge in [0.25, 0.3) is 11.1 Å². The van der Waals surface area contributed by atoms with Gasteiger partial charge in [-0.05, 0) is 29.2 Å². The molecule has 0 bridgehead atoms. The van der Waals surface area contributed by atoms with Crippen LogP contribution >= 0.6 is 0 Å². The molecule has 2 aromatic carbocycles. The zero-order valence-corrected chi connectivity index (χ0v) is 20.8. The molecule has 2 aliphatic rings. The van der Waals surface area contributed by atoms with E-state index in [1.54, 1.807) is 0 Å². The van der Waals surface area contributed by atoms with Gasteiger partial charge in [-0.15, -0.1) is 0 Å². The zero-order valence-electron chi connectivity index (χ0n) is 20.8. The van der Waals surface area contributed by atoms with E-state index in [9.17, 15) is 14.4 Å². The second-order valence-corrected chi connectivity index (χ2v) is 8.82. The first kappa shape index (κ1) is 25.1. The van der Waals surface area contributed by atoms with Crippen molar-refractivity contribution in [1.29, 1.82) is 0 Å². The number of ether oxygens (including phenoxy) is 1. The van der Waals surface area contributed by atoms with Gasteiger partial charge < -0.3 is 19.6 Å². The van der Waals surface area contributed by atoms with E-state index in [0.717, 1.165) is 23.2 Å². The van der Waals surface area contributed by atoms with Crippen LogP contribution in [-0.2, 0) is 22.4 Å². The van der Waals surface area contributed by atoms with E-state index in [0.29, 0.717) is 38.7 Å². The van der Waals surface area contributed by atoms with Gasteiger partial charge in [-0.3, -0.25) is 14.4 Å². The average Bonchev–Trinajstić information content (AvgIpc) is 3.40. The van der Waals surface area contributed by atoms with E-state index in [4.69, 9.17) is 4.74 Å². The Balaban J connectivity index is 0.000000366. The van der Waals surface area contributed by atoms with Crippen molar-refractivity contribution in [3.05, 3.63) is 111 Å². The summed E-state index contributed by atoms with van der Waals surface area (Å²) in [5, 5.41) is 1.91. The Kier molecular flexibility index (Phi) is 7.70. The number of hydrogen-bond acceptors (Lipinski definition) is 7. The lowest BCUT2D eigenvalue weighted by Gasteiger charge is -2.31. The molecule has 2 aromatic heterocycles. The number of hydrogen-bond donors (Lipinski definition) is 1. The molecule has 0 radical (unpaired) electrons. The van der Waals surface area contributed by atoms with Crippen LogP contribution in [0.2, 0.25) is 0 Å². The van der Waals surface area contributed by atoms with Gasteiger partial charge in [0.2, 0.25) is 5.91 Å². The Bertz CT molecular complexity index is 1490. The van der Waals surface area contributed by atoms with E-state index in [-0.39, 0.29) is 23.4 Å². The monoisotopic (exact) mass is 512 g/mol. The minimum absolute atomic E-state index is 0.0518. The van der Waals surface area contributed by atoms with Crippen molar-refractivity contribution in [3.8, 4) is 11.1 Å². The maximum atomic E-state index is 13.3. The Hall–Kier alpha value is -4.57. The molecule has 10 heteroatoms. The predicted octanol–water partition coefficient (Wildman–Crippen LogP) is 1.78. The van der Waals surface area contributed by atoms with E-state index in [1.807, 2.05) is 40.2 Å². The second-order valence-electron chi connectivity index (χ2n) is 8.82. The maximum absolute atomic E-state index is 13.3. The van der Waals surface area contributed by atoms with Crippen LogP contribution in [0.3, 0.4) is 0 Å². The van der Waals surface area contributed by atoms with Gasteiger partial charge in [-0.25, -0.2) is 14.6 Å². The number of benzene rings is 2. The van der Waals surface area contributed by atoms with Crippen molar-refractivity contribution in [3.63, 3.8) is 0 Å². The summed E-state index contributed by atoms with van der Waals surface area (Å²) in [5.41, 5.74) is 4.16. The molecule has 4 aromatic rings. The lowest BCUT2D eigenvalue weighted by molar-refractivity contribution is -0.118. The lowest BCUT2D eigenvalue weighted by Crippen LogP contribution is -2.50. The molecule has 10 nitrogen and oxygen atoms in total. The fraction of sp³-hybridized carbons (Fsp3) is 0.250. The fourth-order valence-electron chi connectivity index (χ4n) is 4.73. The Morgan fingerprint density at radius 1 is 0.921 bits per heavy atom. The molecule has 0 aliphatic carbocycles. The molecule has 1 N–H and O–H groups in total. The van der Waals surface area contributed by atoms with Crippen molar-refractivity contribution in [1.82, 2.24) is 19.6 Å². The number of aromatic amines is 1. The Labute approximate surface area is 219 Å². The number of nitrogens with zero attached hydrogens (tertiary/aromatic N) is 5. The topological polar surface area (TPSA) is 113 Å². The summed E-state index contributed by atoms with van der Waals surface area (Å²) in [7, 11) is 0. The third-order valence-electron chi connectivity index (χ3n) is 6.48. The number of rotatable bonds is 4. The summed E-state index contributed by atoms with van der Waals surface area (Å²) in [5.74, 6) is 0.413. The average molecular weight is 513 g/mol. The van der Waals surface area contributed by atoms with Gasteiger partial charge in [0.1, 0.15) is 5.82 Å². The van der Waals surface area contributed by atoms with Gasteiger partial charge in [-0.1, -0.05) is 42.5 Å². The van der Waals surface area contributed by atoms with E-state index in [1.165, 1.54) is 41.1 Å². The first-order valence-corrected chi connectivity index (χ1v) is 12.5. The van der Waals surface area contributed by atoms with Crippen LogP contribution in [0.4, 0.5) is 5.69 Å². The standard InChI is InChI=1S/C24H24N4O3.C4H4N2O/c29-23-9-11-25-22(28(23)26-13-15-31-16-14-26)17-24(30)27-12-10-20-19(7-4-8-21(20)27)18-5-2-1-3-6-18;7-4-1-2-5-3-6-4/h1-9,11H,10,12-17H2;1-3H,(H,5,6,7). The van der Waals surface area contributed by atoms with Crippen molar-refractivity contribution < 1.29 is 9.53 Å². The lowest BCUT2D eigenvalue weighted by atomic mass is 9.98. The largest absolute Gasteiger partial charge is 0.378 e. The summed E-state index contributed by atoms with van der Waals surface area (Å²) in [6, 6.07) is 19.1. The highest BCUT2D eigenvalue weighted by Gasteiger charge is 2.28. The normalized spacial score (nSPS) is 14.4.